The zero-order chi connectivity index (χ0) is 21.7. The average Bonchev–Trinajstić information content (AvgIpc) is 2.66. The van der Waals surface area contributed by atoms with E-state index in [-0.39, 0.29) is 23.7 Å². The molecule has 0 aliphatic carbocycles. The van der Waals surface area contributed by atoms with Crippen LogP contribution in [0.15, 0.2) is 24.3 Å². The van der Waals surface area contributed by atoms with Crippen molar-refractivity contribution in [2.75, 3.05) is 19.0 Å². The number of urea groups is 1. The van der Waals surface area contributed by atoms with E-state index < -0.39 is 12.1 Å². The van der Waals surface area contributed by atoms with Gasteiger partial charge in [0.05, 0.1) is 0 Å². The van der Waals surface area contributed by atoms with Gasteiger partial charge in [0.15, 0.2) is 0 Å². The minimum Gasteiger partial charge on any atom is -0.400 e. The molecule has 28 heavy (non-hydrogen) atoms. The number of aliphatic hydroxyl groups is 1. The van der Waals surface area contributed by atoms with Gasteiger partial charge >= 0.3 is 6.03 Å². The minimum absolute atomic E-state index is 0.160. The van der Waals surface area contributed by atoms with Crippen molar-refractivity contribution in [3.8, 4) is 0 Å². The topological polar surface area (TPSA) is 134 Å². The number of carbonyl (C=O) groups is 3. The summed E-state index contributed by atoms with van der Waals surface area (Å²) in [6.45, 7) is 8.07. The maximum atomic E-state index is 12.6. The number of aryl methyl sites for hydroxylation is 1. The molecule has 8 nitrogen and oxygen atoms in total. The number of amides is 4. The van der Waals surface area contributed by atoms with Gasteiger partial charge < -0.3 is 26.8 Å². The third kappa shape index (κ3) is 9.91. The Labute approximate surface area is 167 Å². The Kier molecular flexibility index (Phi) is 12.3. The fourth-order valence-electron chi connectivity index (χ4n) is 2.26. The number of nitrogens with two attached hydrogens (primary N) is 1. The summed E-state index contributed by atoms with van der Waals surface area (Å²) in [4.78, 5) is 35.7. The summed E-state index contributed by atoms with van der Waals surface area (Å²) in [6.07, 6.45) is 0.916. The summed E-state index contributed by atoms with van der Waals surface area (Å²) in [5.74, 6) is -0.468. The predicted molar refractivity (Wildman–Crippen MR) is 111 cm³/mol. The van der Waals surface area contributed by atoms with Crippen LogP contribution in [0.5, 0.6) is 0 Å². The van der Waals surface area contributed by atoms with E-state index in [1.54, 1.807) is 0 Å². The summed E-state index contributed by atoms with van der Waals surface area (Å²) in [6, 6.07) is 6.15. The number of anilines is 1. The molecule has 0 aliphatic heterocycles. The van der Waals surface area contributed by atoms with Crippen molar-refractivity contribution in [1.82, 2.24) is 10.6 Å². The SMILES string of the molecule is CO.Cc1ccc(NC(=O)C(CCCNC(N)=O)NC(=O)[C@@H](C)C(C)C)cc1. The molecule has 0 fully saturated rings. The third-order valence-corrected chi connectivity index (χ3v) is 4.33. The number of hydrogen-bond acceptors (Lipinski definition) is 4. The molecule has 0 heterocycles. The van der Waals surface area contributed by atoms with Gasteiger partial charge in [-0.15, -0.1) is 0 Å². The van der Waals surface area contributed by atoms with Crippen LogP contribution < -0.4 is 21.7 Å². The van der Waals surface area contributed by atoms with Crippen LogP contribution in [0.3, 0.4) is 0 Å². The van der Waals surface area contributed by atoms with Gasteiger partial charge in [-0.1, -0.05) is 38.5 Å². The molecule has 6 N–H and O–H groups in total. The van der Waals surface area contributed by atoms with Crippen LogP contribution in [-0.4, -0.2) is 42.6 Å². The van der Waals surface area contributed by atoms with Gasteiger partial charge in [0.1, 0.15) is 6.04 Å². The van der Waals surface area contributed by atoms with Crippen LogP contribution in [0.25, 0.3) is 0 Å². The van der Waals surface area contributed by atoms with Crippen molar-refractivity contribution in [1.29, 1.82) is 0 Å². The third-order valence-electron chi connectivity index (χ3n) is 4.33. The van der Waals surface area contributed by atoms with Crippen LogP contribution in [0.4, 0.5) is 10.5 Å². The Bertz CT molecular complexity index is 617. The number of aliphatic hydroxyl groups excluding tert-OH is 1. The molecule has 8 heteroatoms. The molecule has 1 unspecified atom stereocenters. The summed E-state index contributed by atoms with van der Waals surface area (Å²) in [5, 5.41) is 15.1. The quantitative estimate of drug-likeness (QED) is 0.408. The van der Waals surface area contributed by atoms with E-state index in [1.807, 2.05) is 52.0 Å². The molecule has 1 aromatic rings. The summed E-state index contributed by atoms with van der Waals surface area (Å²) in [5.41, 5.74) is 6.80. The zero-order valence-corrected chi connectivity index (χ0v) is 17.4. The highest BCUT2D eigenvalue weighted by Gasteiger charge is 2.24. The van der Waals surface area contributed by atoms with Crippen molar-refractivity contribution in [2.24, 2.45) is 17.6 Å². The monoisotopic (exact) mass is 394 g/mol. The number of primary amides is 1. The lowest BCUT2D eigenvalue weighted by atomic mass is 9.96. The first-order valence-electron chi connectivity index (χ1n) is 9.36. The molecular formula is C20H34N4O4. The normalized spacial score (nSPS) is 12.2. The molecule has 0 saturated carbocycles. The maximum absolute atomic E-state index is 12.6. The lowest BCUT2D eigenvalue weighted by molar-refractivity contribution is -0.130. The van der Waals surface area contributed by atoms with Crippen molar-refractivity contribution < 1.29 is 19.5 Å². The second-order valence-electron chi connectivity index (χ2n) is 6.88. The highest BCUT2D eigenvalue weighted by Crippen LogP contribution is 2.13. The Morgan fingerprint density at radius 1 is 1.04 bits per heavy atom. The fourth-order valence-corrected chi connectivity index (χ4v) is 2.26. The molecule has 0 radical (unpaired) electrons. The van der Waals surface area contributed by atoms with Crippen molar-refractivity contribution in [2.45, 2.75) is 46.6 Å². The first-order chi connectivity index (χ1) is 13.2. The molecule has 0 saturated heterocycles. The Hall–Kier alpha value is -2.61. The van der Waals surface area contributed by atoms with Crippen LogP contribution in [0, 0.1) is 18.8 Å². The Morgan fingerprint density at radius 3 is 2.11 bits per heavy atom. The van der Waals surface area contributed by atoms with E-state index in [9.17, 15) is 14.4 Å². The molecule has 0 aromatic heterocycles. The largest absolute Gasteiger partial charge is 0.400 e. The van der Waals surface area contributed by atoms with Gasteiger partial charge in [0, 0.05) is 25.3 Å². The van der Waals surface area contributed by atoms with Crippen LogP contribution in [0.1, 0.15) is 39.2 Å². The van der Waals surface area contributed by atoms with Crippen molar-refractivity contribution in [3.63, 3.8) is 0 Å². The average molecular weight is 395 g/mol. The smallest absolute Gasteiger partial charge is 0.312 e. The van der Waals surface area contributed by atoms with Crippen molar-refractivity contribution >= 4 is 23.5 Å². The molecule has 1 rings (SSSR count). The molecule has 158 valence electrons. The highest BCUT2D eigenvalue weighted by molar-refractivity contribution is 5.97. The standard InChI is InChI=1S/C19H30N4O3.CH4O/c1-12(2)14(4)17(24)23-16(6-5-11-21-19(20)26)18(25)22-15-9-7-13(3)8-10-15;1-2/h7-10,12,14,16H,5-6,11H2,1-4H3,(H,22,25)(H,23,24)(H3,20,21,26);2H,1H3/t14-,16?;/m0./s1. The van der Waals surface area contributed by atoms with Gasteiger partial charge in [-0.3, -0.25) is 9.59 Å². The van der Waals surface area contributed by atoms with Crippen LogP contribution in [-0.2, 0) is 9.59 Å². The van der Waals surface area contributed by atoms with Crippen LogP contribution in [0.2, 0.25) is 0 Å². The second kappa shape index (κ2) is 13.5. The van der Waals surface area contributed by atoms with E-state index in [0.717, 1.165) is 12.7 Å². The molecule has 0 aliphatic rings. The highest BCUT2D eigenvalue weighted by atomic mass is 16.2. The molecule has 2 atom stereocenters. The molecular weight excluding hydrogens is 360 g/mol. The fraction of sp³-hybridized carbons (Fsp3) is 0.550. The summed E-state index contributed by atoms with van der Waals surface area (Å²) >= 11 is 0. The predicted octanol–water partition coefficient (Wildman–Crippen LogP) is 1.77. The van der Waals surface area contributed by atoms with Gasteiger partial charge in [-0.05, 0) is 37.8 Å². The van der Waals surface area contributed by atoms with E-state index in [0.29, 0.717) is 25.1 Å². The first kappa shape index (κ1) is 25.4. The number of benzene rings is 1. The number of nitrogens with one attached hydrogen (secondary N) is 3. The van der Waals surface area contributed by atoms with E-state index in [1.165, 1.54) is 0 Å². The van der Waals surface area contributed by atoms with Gasteiger partial charge in [-0.2, -0.15) is 0 Å². The molecule has 4 amide bonds. The maximum Gasteiger partial charge on any atom is 0.312 e. The number of hydrogen-bond donors (Lipinski definition) is 5. The zero-order valence-electron chi connectivity index (χ0n) is 17.4. The summed E-state index contributed by atoms with van der Waals surface area (Å²) in [7, 11) is 1.00. The molecule has 0 spiro atoms. The van der Waals surface area contributed by atoms with Gasteiger partial charge in [0.2, 0.25) is 11.8 Å². The van der Waals surface area contributed by atoms with Gasteiger partial charge in [0.25, 0.3) is 0 Å². The molecule has 0 bridgehead atoms. The van der Waals surface area contributed by atoms with Crippen LogP contribution >= 0.6 is 0 Å². The molecule has 1 aromatic carbocycles. The van der Waals surface area contributed by atoms with Gasteiger partial charge in [-0.25, -0.2) is 4.79 Å². The first-order valence-corrected chi connectivity index (χ1v) is 9.36. The van der Waals surface area contributed by atoms with Crippen molar-refractivity contribution in [3.05, 3.63) is 29.8 Å². The van der Waals surface area contributed by atoms with E-state index in [2.05, 4.69) is 16.0 Å². The lowest BCUT2D eigenvalue weighted by Gasteiger charge is -2.22. The van der Waals surface area contributed by atoms with E-state index >= 15 is 0 Å². The second-order valence-corrected chi connectivity index (χ2v) is 6.88. The number of carbonyl (C=O) groups excluding carboxylic acids is 3. The van der Waals surface area contributed by atoms with E-state index in [4.69, 9.17) is 10.8 Å². The summed E-state index contributed by atoms with van der Waals surface area (Å²) < 4.78 is 0. The number of rotatable bonds is 9. The minimum atomic E-state index is -0.681. The Balaban J connectivity index is 0.00000352. The Morgan fingerprint density at radius 2 is 1.61 bits per heavy atom. The lowest BCUT2D eigenvalue weighted by Crippen LogP contribution is -2.46.